The zero-order chi connectivity index (χ0) is 9.73. The molecule has 4 aliphatic heterocycles. The van der Waals surface area contributed by atoms with Crippen molar-refractivity contribution in [3.8, 4) is 0 Å². The van der Waals surface area contributed by atoms with Gasteiger partial charge in [0.25, 0.3) is 0 Å². The maximum atomic E-state index is 6.03. The van der Waals surface area contributed by atoms with E-state index in [1.807, 2.05) is 0 Å². The highest BCUT2D eigenvalue weighted by molar-refractivity contribution is 5.12. The molecule has 4 heteroatoms. The summed E-state index contributed by atoms with van der Waals surface area (Å²) in [6.45, 7) is 3.23. The van der Waals surface area contributed by atoms with E-state index in [9.17, 15) is 0 Å². The van der Waals surface area contributed by atoms with Crippen molar-refractivity contribution in [3.63, 3.8) is 0 Å². The molecule has 0 aromatic rings. The number of likely N-dealkylation sites (tertiary alicyclic amines) is 1. The maximum absolute atomic E-state index is 6.03. The van der Waals surface area contributed by atoms with Crippen LogP contribution in [0.1, 0.15) is 13.3 Å². The second-order valence-electron chi connectivity index (χ2n) is 5.47. The van der Waals surface area contributed by atoms with Gasteiger partial charge in [-0.25, -0.2) is 0 Å². The molecule has 4 heterocycles. The molecule has 2 bridgehead atoms. The third kappa shape index (κ3) is 0.669. The van der Waals surface area contributed by atoms with Crippen LogP contribution in [0.15, 0.2) is 0 Å². The Balaban J connectivity index is 1.72. The normalized spacial score (nSPS) is 68.6. The van der Waals surface area contributed by atoms with E-state index < -0.39 is 0 Å². The lowest BCUT2D eigenvalue weighted by Gasteiger charge is -2.42. The van der Waals surface area contributed by atoms with E-state index >= 15 is 0 Å². The van der Waals surface area contributed by atoms with Crippen molar-refractivity contribution in [2.75, 3.05) is 6.54 Å². The van der Waals surface area contributed by atoms with Crippen molar-refractivity contribution in [2.45, 2.75) is 38.4 Å². The van der Waals surface area contributed by atoms with Crippen LogP contribution in [-0.4, -0.2) is 36.5 Å². The van der Waals surface area contributed by atoms with E-state index in [1.54, 1.807) is 0 Å². The van der Waals surface area contributed by atoms with Crippen molar-refractivity contribution in [2.24, 2.45) is 23.7 Å². The van der Waals surface area contributed by atoms with Gasteiger partial charge in [0.15, 0.2) is 12.6 Å². The summed E-state index contributed by atoms with van der Waals surface area (Å²) >= 11 is 0. The fourth-order valence-electron chi connectivity index (χ4n) is 4.77. The van der Waals surface area contributed by atoms with Crippen LogP contribution in [0.4, 0.5) is 0 Å². The van der Waals surface area contributed by atoms with Gasteiger partial charge in [0, 0.05) is 30.2 Å². The summed E-state index contributed by atoms with van der Waals surface area (Å²) in [4.78, 5) is 2.41. The van der Waals surface area contributed by atoms with Crippen LogP contribution in [0.25, 0.3) is 0 Å². The molecule has 5 aliphatic rings. The van der Waals surface area contributed by atoms with Crippen LogP contribution in [0.3, 0.4) is 0 Å². The molecule has 5 fully saturated rings. The summed E-state index contributed by atoms with van der Waals surface area (Å²) in [5, 5.41) is 0. The summed E-state index contributed by atoms with van der Waals surface area (Å²) in [5.41, 5.74) is 0. The third-order valence-corrected chi connectivity index (χ3v) is 5.17. The first-order valence-electron chi connectivity index (χ1n) is 6.10. The quantitative estimate of drug-likeness (QED) is 0.632. The molecular weight excluding hydrogens is 194 g/mol. The van der Waals surface area contributed by atoms with Crippen LogP contribution >= 0.6 is 0 Å². The Morgan fingerprint density at radius 1 is 1.00 bits per heavy atom. The first-order valence-corrected chi connectivity index (χ1v) is 6.10. The predicted molar refractivity (Wildman–Crippen MR) is 49.4 cm³/mol. The Morgan fingerprint density at radius 3 is 2.13 bits per heavy atom. The van der Waals surface area contributed by atoms with E-state index in [2.05, 4.69) is 11.8 Å². The second-order valence-corrected chi connectivity index (χ2v) is 5.47. The summed E-state index contributed by atoms with van der Waals surface area (Å²) in [6, 6.07) is 0. The summed E-state index contributed by atoms with van der Waals surface area (Å²) in [6.07, 6.45) is 1.93. The molecule has 0 amide bonds. The fourth-order valence-corrected chi connectivity index (χ4v) is 4.77. The van der Waals surface area contributed by atoms with E-state index in [0.717, 1.165) is 18.4 Å². The summed E-state index contributed by atoms with van der Waals surface area (Å²) in [5.74, 6) is 2.70. The zero-order valence-electron chi connectivity index (χ0n) is 8.70. The van der Waals surface area contributed by atoms with Crippen LogP contribution in [0, 0.1) is 23.7 Å². The molecule has 0 spiro atoms. The first-order chi connectivity index (χ1) is 7.38. The molecule has 1 saturated carbocycles. The molecule has 0 N–H and O–H groups in total. The van der Waals surface area contributed by atoms with Gasteiger partial charge in [-0.2, -0.15) is 0 Å². The Morgan fingerprint density at radius 2 is 1.60 bits per heavy atom. The van der Waals surface area contributed by atoms with Crippen molar-refractivity contribution in [3.05, 3.63) is 0 Å². The average Bonchev–Trinajstić information content (AvgIpc) is 2.88. The molecule has 8 unspecified atom stereocenters. The van der Waals surface area contributed by atoms with Crippen LogP contribution < -0.4 is 0 Å². The third-order valence-electron chi connectivity index (χ3n) is 5.17. The Hall–Kier alpha value is -0.160. The highest BCUT2D eigenvalue weighted by Crippen LogP contribution is 2.65. The van der Waals surface area contributed by atoms with E-state index in [0.29, 0.717) is 11.8 Å². The molecular formula is C11H15NO3. The molecule has 5 rings (SSSR count). The largest absolute Gasteiger partial charge is 0.334 e. The molecule has 4 saturated heterocycles. The van der Waals surface area contributed by atoms with Crippen molar-refractivity contribution < 1.29 is 14.2 Å². The Kier molecular flexibility index (Phi) is 1.20. The van der Waals surface area contributed by atoms with Gasteiger partial charge in [0.05, 0.1) is 0 Å². The number of nitrogens with zero attached hydrogens (tertiary/aromatic N) is 1. The van der Waals surface area contributed by atoms with Crippen molar-refractivity contribution >= 4 is 0 Å². The lowest BCUT2D eigenvalue weighted by Crippen LogP contribution is -2.52. The van der Waals surface area contributed by atoms with Crippen molar-refractivity contribution in [1.29, 1.82) is 0 Å². The highest BCUT2D eigenvalue weighted by Gasteiger charge is 2.73. The molecule has 0 radical (unpaired) electrons. The van der Waals surface area contributed by atoms with E-state index in [4.69, 9.17) is 14.2 Å². The van der Waals surface area contributed by atoms with Gasteiger partial charge in [-0.15, -0.1) is 0 Å². The number of hydrogen-bond acceptors (Lipinski definition) is 4. The van der Waals surface area contributed by atoms with E-state index in [1.165, 1.54) is 6.42 Å². The monoisotopic (exact) mass is 209 g/mol. The molecule has 82 valence electrons. The number of hydrogen-bond donors (Lipinski definition) is 0. The second kappa shape index (κ2) is 2.25. The van der Waals surface area contributed by atoms with Gasteiger partial charge < -0.3 is 14.2 Å². The van der Waals surface area contributed by atoms with Gasteiger partial charge >= 0.3 is 0 Å². The maximum Gasteiger partial charge on any atom is 0.166 e. The van der Waals surface area contributed by atoms with Crippen LogP contribution in [-0.2, 0) is 14.2 Å². The lowest BCUT2D eigenvalue weighted by atomic mass is 9.91. The molecule has 1 aliphatic carbocycles. The number of ether oxygens (including phenoxy) is 3. The molecule has 0 aromatic carbocycles. The van der Waals surface area contributed by atoms with Crippen LogP contribution in [0.2, 0.25) is 0 Å². The Labute approximate surface area is 88.5 Å². The molecule has 4 nitrogen and oxygen atoms in total. The zero-order valence-corrected chi connectivity index (χ0v) is 8.70. The SMILES string of the molecule is CCN1C2OC3OC4OC1C1CC2C3C41. The van der Waals surface area contributed by atoms with Gasteiger partial charge in [0.2, 0.25) is 0 Å². The number of rotatable bonds is 1. The lowest BCUT2D eigenvalue weighted by molar-refractivity contribution is -0.295. The fraction of sp³-hybridized carbons (Fsp3) is 1.00. The minimum absolute atomic E-state index is 0.0373. The molecule has 15 heavy (non-hydrogen) atoms. The predicted octanol–water partition coefficient (Wildman–Crippen LogP) is 0.585. The minimum atomic E-state index is 0.0373. The highest BCUT2D eigenvalue weighted by atomic mass is 16.8. The van der Waals surface area contributed by atoms with Gasteiger partial charge in [-0.3, -0.25) is 4.90 Å². The Bertz CT molecular complexity index is 308. The summed E-state index contributed by atoms with van der Waals surface area (Å²) < 4.78 is 17.9. The summed E-state index contributed by atoms with van der Waals surface area (Å²) in [7, 11) is 0. The average molecular weight is 209 g/mol. The standard InChI is InChI=1S/C11H15NO3/c1-2-12-8-4-3-5-7-6(4)10(13-8)15-11(7)14-9(5)12/h4-11H,2-3H2,1H3. The topological polar surface area (TPSA) is 30.9 Å². The molecule has 0 aromatic heterocycles. The minimum Gasteiger partial charge on any atom is -0.334 e. The van der Waals surface area contributed by atoms with Crippen molar-refractivity contribution in [1.82, 2.24) is 4.90 Å². The first kappa shape index (κ1) is 8.01. The smallest absolute Gasteiger partial charge is 0.166 e. The van der Waals surface area contributed by atoms with Gasteiger partial charge in [-0.1, -0.05) is 6.92 Å². The number of piperidine rings is 1. The van der Waals surface area contributed by atoms with Gasteiger partial charge in [0.1, 0.15) is 12.5 Å². The van der Waals surface area contributed by atoms with E-state index in [-0.39, 0.29) is 25.0 Å². The van der Waals surface area contributed by atoms with Crippen LogP contribution in [0.5, 0.6) is 0 Å². The molecule has 8 atom stereocenters. The van der Waals surface area contributed by atoms with Gasteiger partial charge in [-0.05, 0) is 6.42 Å².